The molecule has 0 aromatic heterocycles. The van der Waals surface area contributed by atoms with Crippen molar-refractivity contribution in [2.45, 2.75) is 18.6 Å². The molecule has 0 fully saturated rings. The number of alkyl halides is 3. The van der Waals surface area contributed by atoms with Crippen molar-refractivity contribution in [3.05, 3.63) is 29.3 Å². The number of hydrogen-bond acceptors (Lipinski definition) is 3. The van der Waals surface area contributed by atoms with Crippen molar-refractivity contribution in [2.75, 3.05) is 5.32 Å². The number of hydrogen-bond donors (Lipinski definition) is 3. The first-order chi connectivity index (χ1) is 9.66. The van der Waals surface area contributed by atoms with Crippen molar-refractivity contribution < 1.29 is 27.9 Å². The van der Waals surface area contributed by atoms with Gasteiger partial charge >= 0.3 is 12.1 Å². The van der Waals surface area contributed by atoms with E-state index in [1.54, 1.807) is 0 Å². The van der Waals surface area contributed by atoms with Crippen LogP contribution in [0.4, 0.5) is 18.9 Å². The molecule has 0 saturated heterocycles. The zero-order chi connectivity index (χ0) is 16.2. The van der Waals surface area contributed by atoms with Crippen molar-refractivity contribution in [3.8, 4) is 12.3 Å². The summed E-state index contributed by atoms with van der Waals surface area (Å²) in [4.78, 5) is 22.6. The van der Waals surface area contributed by atoms with Crippen molar-refractivity contribution in [3.63, 3.8) is 0 Å². The summed E-state index contributed by atoms with van der Waals surface area (Å²) in [5.74, 6) is -0.223. The first-order valence-electron chi connectivity index (χ1n) is 5.61. The molecular weight excluding hydrogens is 289 g/mol. The molecule has 0 aliphatic rings. The first-order valence-corrected chi connectivity index (χ1v) is 5.61. The third-order valence-corrected chi connectivity index (χ3v) is 2.51. The van der Waals surface area contributed by atoms with Crippen LogP contribution in [0.2, 0.25) is 0 Å². The average molecular weight is 300 g/mol. The predicted octanol–water partition coefficient (Wildman–Crippen LogP) is 1.69. The molecule has 8 heteroatoms. The number of nitrogens with one attached hydrogen (secondary N) is 1. The van der Waals surface area contributed by atoms with Crippen LogP contribution in [0.15, 0.2) is 18.2 Å². The van der Waals surface area contributed by atoms with Crippen LogP contribution < -0.4 is 11.1 Å². The molecule has 1 aromatic carbocycles. The van der Waals surface area contributed by atoms with Gasteiger partial charge < -0.3 is 16.2 Å². The Morgan fingerprint density at radius 1 is 1.43 bits per heavy atom. The highest BCUT2D eigenvalue weighted by Crippen LogP contribution is 2.32. The van der Waals surface area contributed by atoms with Gasteiger partial charge in [0.2, 0.25) is 5.91 Å². The summed E-state index contributed by atoms with van der Waals surface area (Å²) in [6, 6.07) is 0.754. The molecule has 0 bridgehead atoms. The summed E-state index contributed by atoms with van der Waals surface area (Å²) in [5, 5.41) is 11.0. The summed E-state index contributed by atoms with van der Waals surface area (Å²) < 4.78 is 37.8. The molecule has 0 saturated carbocycles. The third-order valence-electron chi connectivity index (χ3n) is 2.51. The van der Waals surface area contributed by atoms with Crippen LogP contribution in [0.25, 0.3) is 0 Å². The van der Waals surface area contributed by atoms with Crippen LogP contribution in [0.1, 0.15) is 22.3 Å². The number of amides is 1. The predicted molar refractivity (Wildman–Crippen MR) is 68.5 cm³/mol. The Morgan fingerprint density at radius 2 is 2.05 bits per heavy atom. The van der Waals surface area contributed by atoms with E-state index in [4.69, 9.17) is 17.3 Å². The van der Waals surface area contributed by atoms with E-state index in [9.17, 15) is 22.8 Å². The SMILES string of the molecule is C#CCC(N)C(=O)Nc1cc(C(F)(F)F)ccc1C(=O)O. The van der Waals surface area contributed by atoms with Gasteiger partial charge in [0, 0.05) is 6.42 Å². The van der Waals surface area contributed by atoms with Gasteiger partial charge in [-0.15, -0.1) is 12.3 Å². The van der Waals surface area contributed by atoms with Crippen molar-refractivity contribution in [2.24, 2.45) is 5.73 Å². The summed E-state index contributed by atoms with van der Waals surface area (Å²) in [6.45, 7) is 0. The molecule has 1 aromatic rings. The summed E-state index contributed by atoms with van der Waals surface area (Å²) in [6.07, 6.45) is 0.166. The molecule has 0 spiro atoms. The van der Waals surface area contributed by atoms with E-state index in [2.05, 4.69) is 5.92 Å². The topological polar surface area (TPSA) is 92.4 Å². The molecule has 0 aliphatic heterocycles. The van der Waals surface area contributed by atoms with Crippen LogP contribution in [-0.4, -0.2) is 23.0 Å². The number of halogens is 3. The average Bonchev–Trinajstić information content (AvgIpc) is 2.37. The lowest BCUT2D eigenvalue weighted by Crippen LogP contribution is -2.35. The van der Waals surface area contributed by atoms with Crippen LogP contribution in [-0.2, 0) is 11.0 Å². The third kappa shape index (κ3) is 4.22. The molecule has 112 valence electrons. The Balaban J connectivity index is 3.16. The summed E-state index contributed by atoms with van der Waals surface area (Å²) in [7, 11) is 0. The molecule has 0 heterocycles. The second kappa shape index (κ2) is 6.28. The van der Waals surface area contributed by atoms with Gasteiger partial charge in [0.15, 0.2) is 0 Å². The standard InChI is InChI=1S/C13H11F3N2O3/c1-2-3-9(17)11(19)18-10-6-7(13(14,15)16)4-5-8(10)12(20)21/h1,4-6,9H,3,17H2,(H,18,19)(H,20,21). The highest BCUT2D eigenvalue weighted by atomic mass is 19.4. The number of anilines is 1. The molecule has 1 rings (SSSR count). The lowest BCUT2D eigenvalue weighted by atomic mass is 10.1. The van der Waals surface area contributed by atoms with Gasteiger partial charge in [-0.3, -0.25) is 4.79 Å². The largest absolute Gasteiger partial charge is 0.478 e. The normalized spacial score (nSPS) is 12.3. The Morgan fingerprint density at radius 3 is 2.52 bits per heavy atom. The number of benzene rings is 1. The highest BCUT2D eigenvalue weighted by Gasteiger charge is 2.32. The van der Waals surface area contributed by atoms with Gasteiger partial charge in [-0.2, -0.15) is 13.2 Å². The van der Waals surface area contributed by atoms with Gasteiger partial charge in [0.05, 0.1) is 22.9 Å². The van der Waals surface area contributed by atoms with Crippen LogP contribution in [0, 0.1) is 12.3 Å². The highest BCUT2D eigenvalue weighted by molar-refractivity contribution is 6.02. The maximum atomic E-state index is 12.6. The fourth-order valence-electron chi connectivity index (χ4n) is 1.46. The van der Waals surface area contributed by atoms with E-state index in [-0.39, 0.29) is 6.42 Å². The number of aromatic carboxylic acids is 1. The quantitative estimate of drug-likeness (QED) is 0.738. The lowest BCUT2D eigenvalue weighted by Gasteiger charge is -2.14. The molecule has 1 amide bonds. The molecule has 0 radical (unpaired) electrons. The van der Waals surface area contributed by atoms with Crippen LogP contribution in [0.3, 0.4) is 0 Å². The van der Waals surface area contributed by atoms with Gasteiger partial charge in [-0.1, -0.05) is 0 Å². The minimum Gasteiger partial charge on any atom is -0.478 e. The smallest absolute Gasteiger partial charge is 0.416 e. The van der Waals surface area contributed by atoms with E-state index in [0.29, 0.717) is 12.1 Å². The van der Waals surface area contributed by atoms with E-state index < -0.39 is 40.9 Å². The maximum absolute atomic E-state index is 12.6. The first kappa shape index (κ1) is 16.5. The molecular formula is C13H11F3N2O3. The van der Waals surface area contributed by atoms with Crippen molar-refractivity contribution >= 4 is 17.6 Å². The zero-order valence-corrected chi connectivity index (χ0v) is 10.6. The van der Waals surface area contributed by atoms with Crippen LogP contribution in [0.5, 0.6) is 0 Å². The van der Waals surface area contributed by atoms with Gasteiger partial charge in [-0.25, -0.2) is 4.79 Å². The molecule has 21 heavy (non-hydrogen) atoms. The second-order valence-electron chi connectivity index (χ2n) is 4.07. The summed E-state index contributed by atoms with van der Waals surface area (Å²) in [5.41, 5.74) is 3.34. The Kier molecular flexibility index (Phi) is 4.94. The number of carbonyl (C=O) groups excluding carboxylic acids is 1. The second-order valence-corrected chi connectivity index (χ2v) is 4.07. The molecule has 1 unspecified atom stereocenters. The minimum absolute atomic E-state index is 0.132. The van der Waals surface area contributed by atoms with Gasteiger partial charge in [0.25, 0.3) is 0 Å². The summed E-state index contributed by atoms with van der Waals surface area (Å²) >= 11 is 0. The van der Waals surface area contributed by atoms with Crippen molar-refractivity contribution in [1.82, 2.24) is 0 Å². The van der Waals surface area contributed by atoms with E-state index in [1.807, 2.05) is 5.32 Å². The molecule has 0 aliphatic carbocycles. The maximum Gasteiger partial charge on any atom is 0.416 e. The Bertz CT molecular complexity index is 606. The number of carboxylic acid groups (broad SMARTS) is 1. The fourth-order valence-corrected chi connectivity index (χ4v) is 1.46. The number of carboxylic acids is 1. The minimum atomic E-state index is -4.67. The molecule has 4 N–H and O–H groups in total. The number of carbonyl (C=O) groups is 2. The van der Waals surface area contributed by atoms with Gasteiger partial charge in [0.1, 0.15) is 0 Å². The van der Waals surface area contributed by atoms with Crippen LogP contribution >= 0.6 is 0 Å². The van der Waals surface area contributed by atoms with E-state index >= 15 is 0 Å². The molecule has 1 atom stereocenters. The number of rotatable bonds is 4. The lowest BCUT2D eigenvalue weighted by molar-refractivity contribution is -0.137. The Hall–Kier alpha value is -2.53. The number of nitrogens with two attached hydrogens (primary N) is 1. The van der Waals surface area contributed by atoms with Gasteiger partial charge in [-0.05, 0) is 18.2 Å². The van der Waals surface area contributed by atoms with E-state index in [0.717, 1.165) is 6.07 Å². The van der Waals surface area contributed by atoms with Crippen molar-refractivity contribution in [1.29, 1.82) is 0 Å². The Labute approximate surface area is 117 Å². The monoisotopic (exact) mass is 300 g/mol. The zero-order valence-electron chi connectivity index (χ0n) is 10.6. The fraction of sp³-hybridized carbons (Fsp3) is 0.231. The van der Waals surface area contributed by atoms with E-state index in [1.165, 1.54) is 0 Å². The molecule has 5 nitrogen and oxygen atoms in total. The number of terminal acetylenes is 1.